The molecule has 0 spiro atoms. The molecule has 0 bridgehead atoms. The topological polar surface area (TPSA) is 30.5 Å². The number of nitrogens with one attached hydrogen (secondary N) is 1. The van der Waals surface area contributed by atoms with Crippen molar-refractivity contribution in [2.75, 3.05) is 19.8 Å². The van der Waals surface area contributed by atoms with Gasteiger partial charge < -0.3 is 14.8 Å². The number of hydrogen-bond acceptors (Lipinski definition) is 3. The number of rotatable bonds is 4. The summed E-state index contributed by atoms with van der Waals surface area (Å²) in [6.45, 7) is 3.66. The van der Waals surface area contributed by atoms with Gasteiger partial charge in [-0.25, -0.2) is 0 Å². The Kier molecular flexibility index (Phi) is 3.29. The van der Waals surface area contributed by atoms with E-state index in [1.54, 1.807) is 0 Å². The second-order valence-corrected chi connectivity index (χ2v) is 4.81. The van der Waals surface area contributed by atoms with E-state index >= 15 is 0 Å². The summed E-state index contributed by atoms with van der Waals surface area (Å²) in [5.41, 5.74) is 2.69. The summed E-state index contributed by atoms with van der Waals surface area (Å²) in [5.74, 6) is 1.06. The lowest BCUT2D eigenvalue weighted by Gasteiger charge is -2.11. The van der Waals surface area contributed by atoms with E-state index in [0.29, 0.717) is 6.10 Å². The third kappa shape index (κ3) is 2.61. The number of fused-ring (bicyclic) bond motifs is 1. The van der Waals surface area contributed by atoms with E-state index in [4.69, 9.17) is 9.47 Å². The van der Waals surface area contributed by atoms with E-state index in [0.717, 1.165) is 38.5 Å². The molecule has 2 aliphatic heterocycles. The molecule has 2 heterocycles. The normalized spacial score (nSPS) is 22.5. The first kappa shape index (κ1) is 11.1. The minimum Gasteiger partial charge on any atom is -0.493 e. The molecule has 3 heteroatoms. The zero-order valence-electron chi connectivity index (χ0n) is 10.1. The minimum atomic E-state index is 0.424. The first-order valence-corrected chi connectivity index (χ1v) is 6.49. The lowest BCUT2D eigenvalue weighted by Crippen LogP contribution is -2.25. The van der Waals surface area contributed by atoms with Gasteiger partial charge in [-0.1, -0.05) is 12.1 Å². The Labute approximate surface area is 102 Å². The number of ether oxygens (including phenoxy) is 2. The van der Waals surface area contributed by atoms with E-state index in [1.807, 2.05) is 0 Å². The van der Waals surface area contributed by atoms with E-state index in [2.05, 4.69) is 23.5 Å². The SMILES string of the molecule is c1cc2c(cc1CNCC1CCCO1)CCO2. The predicted octanol–water partition coefficient (Wildman–Crippen LogP) is 1.89. The quantitative estimate of drug-likeness (QED) is 0.861. The summed E-state index contributed by atoms with van der Waals surface area (Å²) in [5, 5.41) is 3.47. The highest BCUT2D eigenvalue weighted by Crippen LogP contribution is 2.25. The molecule has 92 valence electrons. The summed E-state index contributed by atoms with van der Waals surface area (Å²) >= 11 is 0. The maximum Gasteiger partial charge on any atom is 0.122 e. The lowest BCUT2D eigenvalue weighted by molar-refractivity contribution is 0.110. The van der Waals surface area contributed by atoms with Crippen LogP contribution in [0.15, 0.2) is 18.2 Å². The van der Waals surface area contributed by atoms with Crippen molar-refractivity contribution in [2.24, 2.45) is 0 Å². The molecular formula is C14H19NO2. The second-order valence-electron chi connectivity index (χ2n) is 4.81. The fourth-order valence-electron chi connectivity index (χ4n) is 2.53. The molecule has 0 radical (unpaired) electrons. The number of hydrogen-bond donors (Lipinski definition) is 1. The average Bonchev–Trinajstić information content (AvgIpc) is 2.98. The van der Waals surface area contributed by atoms with E-state index < -0.39 is 0 Å². The summed E-state index contributed by atoms with van der Waals surface area (Å²) in [6.07, 6.45) is 3.88. The third-order valence-corrected chi connectivity index (χ3v) is 3.48. The van der Waals surface area contributed by atoms with Gasteiger partial charge in [0.1, 0.15) is 5.75 Å². The van der Waals surface area contributed by atoms with Crippen LogP contribution >= 0.6 is 0 Å². The fourth-order valence-corrected chi connectivity index (χ4v) is 2.53. The Morgan fingerprint density at radius 3 is 3.18 bits per heavy atom. The van der Waals surface area contributed by atoms with Gasteiger partial charge in [0, 0.05) is 26.1 Å². The van der Waals surface area contributed by atoms with Crippen molar-refractivity contribution in [3.05, 3.63) is 29.3 Å². The van der Waals surface area contributed by atoms with Crippen LogP contribution in [0.1, 0.15) is 24.0 Å². The summed E-state index contributed by atoms with van der Waals surface area (Å²) in [7, 11) is 0. The first-order chi connectivity index (χ1) is 8.42. The molecule has 17 heavy (non-hydrogen) atoms. The Bertz CT molecular complexity index is 386. The van der Waals surface area contributed by atoms with Crippen LogP contribution in [0.25, 0.3) is 0 Å². The summed E-state index contributed by atoms with van der Waals surface area (Å²) < 4.78 is 11.1. The molecule has 0 aromatic heterocycles. The van der Waals surface area contributed by atoms with Crippen LogP contribution in [-0.4, -0.2) is 25.9 Å². The molecule has 0 saturated carbocycles. The largest absolute Gasteiger partial charge is 0.493 e. The zero-order valence-corrected chi connectivity index (χ0v) is 10.1. The Morgan fingerprint density at radius 1 is 1.29 bits per heavy atom. The summed E-state index contributed by atoms with van der Waals surface area (Å²) in [6, 6.07) is 6.49. The molecule has 2 aliphatic rings. The van der Waals surface area contributed by atoms with E-state index in [1.165, 1.54) is 24.0 Å². The van der Waals surface area contributed by atoms with Gasteiger partial charge in [0.2, 0.25) is 0 Å². The van der Waals surface area contributed by atoms with Crippen molar-refractivity contribution in [3.63, 3.8) is 0 Å². The van der Waals surface area contributed by atoms with E-state index in [9.17, 15) is 0 Å². The molecule has 3 rings (SSSR count). The Morgan fingerprint density at radius 2 is 2.29 bits per heavy atom. The van der Waals surface area contributed by atoms with Crippen LogP contribution in [0.3, 0.4) is 0 Å². The van der Waals surface area contributed by atoms with Crippen molar-refractivity contribution < 1.29 is 9.47 Å². The monoisotopic (exact) mass is 233 g/mol. The van der Waals surface area contributed by atoms with Crippen LogP contribution in [0.4, 0.5) is 0 Å². The smallest absolute Gasteiger partial charge is 0.122 e. The van der Waals surface area contributed by atoms with Gasteiger partial charge in [-0.3, -0.25) is 0 Å². The van der Waals surface area contributed by atoms with Crippen LogP contribution < -0.4 is 10.1 Å². The molecule has 1 unspecified atom stereocenters. The van der Waals surface area contributed by atoms with Crippen molar-refractivity contribution in [3.8, 4) is 5.75 Å². The van der Waals surface area contributed by atoms with Crippen LogP contribution in [0, 0.1) is 0 Å². The fraction of sp³-hybridized carbons (Fsp3) is 0.571. The molecule has 0 aliphatic carbocycles. The molecule has 1 fully saturated rings. The second kappa shape index (κ2) is 5.07. The highest BCUT2D eigenvalue weighted by atomic mass is 16.5. The van der Waals surface area contributed by atoms with Crippen molar-refractivity contribution >= 4 is 0 Å². The summed E-state index contributed by atoms with van der Waals surface area (Å²) in [4.78, 5) is 0. The first-order valence-electron chi connectivity index (χ1n) is 6.49. The number of benzene rings is 1. The standard InChI is InChI=1S/C14H19NO2/c1-2-13(16-6-1)10-15-9-11-3-4-14-12(8-11)5-7-17-14/h3-4,8,13,15H,1-2,5-7,9-10H2. The molecule has 0 amide bonds. The van der Waals surface area contributed by atoms with E-state index in [-0.39, 0.29) is 0 Å². The lowest BCUT2D eigenvalue weighted by atomic mass is 10.1. The van der Waals surface area contributed by atoms with Crippen molar-refractivity contribution in [1.29, 1.82) is 0 Å². The van der Waals surface area contributed by atoms with Crippen LogP contribution in [-0.2, 0) is 17.7 Å². The van der Waals surface area contributed by atoms with Gasteiger partial charge in [-0.15, -0.1) is 0 Å². The van der Waals surface area contributed by atoms with Gasteiger partial charge in [-0.2, -0.15) is 0 Å². The maximum atomic E-state index is 5.58. The highest BCUT2D eigenvalue weighted by Gasteiger charge is 2.15. The van der Waals surface area contributed by atoms with Crippen molar-refractivity contribution in [1.82, 2.24) is 5.32 Å². The van der Waals surface area contributed by atoms with Gasteiger partial charge in [0.05, 0.1) is 12.7 Å². The van der Waals surface area contributed by atoms with Gasteiger partial charge in [0.25, 0.3) is 0 Å². The average molecular weight is 233 g/mol. The molecule has 3 nitrogen and oxygen atoms in total. The molecule has 1 aromatic rings. The molecule has 1 atom stereocenters. The Balaban J connectivity index is 1.51. The van der Waals surface area contributed by atoms with Gasteiger partial charge in [0.15, 0.2) is 0 Å². The zero-order chi connectivity index (χ0) is 11.5. The molecule has 1 N–H and O–H groups in total. The maximum absolute atomic E-state index is 5.58. The third-order valence-electron chi connectivity index (χ3n) is 3.48. The van der Waals surface area contributed by atoms with Gasteiger partial charge >= 0.3 is 0 Å². The molecule has 1 aromatic carbocycles. The van der Waals surface area contributed by atoms with Crippen LogP contribution in [0.5, 0.6) is 5.75 Å². The highest BCUT2D eigenvalue weighted by molar-refractivity contribution is 5.39. The predicted molar refractivity (Wildman–Crippen MR) is 66.3 cm³/mol. The molecule has 1 saturated heterocycles. The minimum absolute atomic E-state index is 0.424. The van der Waals surface area contributed by atoms with Gasteiger partial charge in [-0.05, 0) is 30.0 Å². The Hall–Kier alpha value is -1.06. The van der Waals surface area contributed by atoms with Crippen LogP contribution in [0.2, 0.25) is 0 Å². The van der Waals surface area contributed by atoms with Crippen molar-refractivity contribution in [2.45, 2.75) is 31.9 Å². The molecular weight excluding hydrogens is 214 g/mol.